The van der Waals surface area contributed by atoms with E-state index in [0.29, 0.717) is 5.92 Å². The summed E-state index contributed by atoms with van der Waals surface area (Å²) in [5.41, 5.74) is 0. The molecule has 0 aromatic heterocycles. The predicted molar refractivity (Wildman–Crippen MR) is 30.4 cm³/mol. The Morgan fingerprint density at radius 1 is 1.25 bits per heavy atom. The third-order valence-electron chi connectivity index (χ3n) is 1.90. The van der Waals surface area contributed by atoms with Crippen LogP contribution in [0.1, 0.15) is 19.8 Å². The molecule has 0 heterocycles. The summed E-state index contributed by atoms with van der Waals surface area (Å²) in [6.45, 7) is 1.96. The van der Waals surface area contributed by atoms with Crippen LogP contribution in [0.3, 0.4) is 0 Å². The molecule has 1 saturated carbocycles. The van der Waals surface area contributed by atoms with Crippen LogP contribution < -0.4 is 0 Å². The van der Waals surface area contributed by atoms with E-state index in [1.807, 2.05) is 6.92 Å². The average molecular weight is 116 g/mol. The van der Waals surface area contributed by atoms with Gasteiger partial charge in [-0.25, -0.2) is 0 Å². The molecule has 0 saturated heterocycles. The molecule has 0 aromatic carbocycles. The zero-order chi connectivity index (χ0) is 6.15. The minimum absolute atomic E-state index is 0.296. The van der Waals surface area contributed by atoms with Crippen LogP contribution in [-0.4, -0.2) is 22.4 Å². The van der Waals surface area contributed by atoms with E-state index in [9.17, 15) is 0 Å². The molecule has 1 fully saturated rings. The first-order valence-corrected chi connectivity index (χ1v) is 3.08. The van der Waals surface area contributed by atoms with Crippen molar-refractivity contribution in [1.82, 2.24) is 0 Å². The average Bonchev–Trinajstić information content (AvgIpc) is 1.98. The van der Waals surface area contributed by atoms with Gasteiger partial charge in [-0.3, -0.25) is 0 Å². The molecule has 1 rings (SSSR count). The second-order valence-electron chi connectivity index (χ2n) is 2.61. The van der Waals surface area contributed by atoms with E-state index in [1.54, 1.807) is 0 Å². The van der Waals surface area contributed by atoms with E-state index in [1.165, 1.54) is 0 Å². The van der Waals surface area contributed by atoms with Crippen LogP contribution in [-0.2, 0) is 0 Å². The Kier molecular flexibility index (Phi) is 1.54. The zero-order valence-corrected chi connectivity index (χ0v) is 5.04. The van der Waals surface area contributed by atoms with Crippen molar-refractivity contribution in [2.75, 3.05) is 0 Å². The topological polar surface area (TPSA) is 40.5 Å². The summed E-state index contributed by atoms with van der Waals surface area (Å²) >= 11 is 0. The van der Waals surface area contributed by atoms with Gasteiger partial charge in [0.2, 0.25) is 0 Å². The summed E-state index contributed by atoms with van der Waals surface area (Å²) in [7, 11) is 0. The fraction of sp³-hybridized carbons (Fsp3) is 1.00. The molecule has 2 unspecified atom stereocenters. The fourth-order valence-corrected chi connectivity index (χ4v) is 1.15. The summed E-state index contributed by atoms with van der Waals surface area (Å²) in [6, 6.07) is 0. The fourth-order valence-electron chi connectivity index (χ4n) is 1.15. The van der Waals surface area contributed by atoms with Crippen molar-refractivity contribution in [2.45, 2.75) is 32.0 Å². The molecule has 0 spiro atoms. The zero-order valence-electron chi connectivity index (χ0n) is 5.04. The Hall–Kier alpha value is -0.0800. The van der Waals surface area contributed by atoms with E-state index in [-0.39, 0.29) is 0 Å². The molecular formula is C6H12O2. The Balaban J connectivity index is 2.44. The summed E-state index contributed by atoms with van der Waals surface area (Å²) in [4.78, 5) is 0. The first kappa shape index (κ1) is 6.05. The molecule has 1 aliphatic carbocycles. The highest BCUT2D eigenvalue weighted by atomic mass is 16.3. The van der Waals surface area contributed by atoms with Gasteiger partial charge in [0, 0.05) is 0 Å². The lowest BCUT2D eigenvalue weighted by Gasteiger charge is -2.09. The molecule has 0 aliphatic heterocycles. The highest BCUT2D eigenvalue weighted by molar-refractivity contribution is 4.80. The highest BCUT2D eigenvalue weighted by Gasteiger charge is 2.29. The number of rotatable bonds is 0. The number of hydrogen-bond donors (Lipinski definition) is 2. The van der Waals surface area contributed by atoms with Gasteiger partial charge in [-0.1, -0.05) is 6.92 Å². The number of aliphatic hydroxyl groups is 2. The predicted octanol–water partition coefficient (Wildman–Crippen LogP) is 0.138. The van der Waals surface area contributed by atoms with Gasteiger partial charge in [0.05, 0.1) is 12.2 Å². The van der Waals surface area contributed by atoms with Crippen LogP contribution >= 0.6 is 0 Å². The molecule has 0 radical (unpaired) electrons. The lowest BCUT2D eigenvalue weighted by atomic mass is 10.1. The van der Waals surface area contributed by atoms with Crippen molar-refractivity contribution in [3.05, 3.63) is 0 Å². The van der Waals surface area contributed by atoms with Crippen molar-refractivity contribution in [1.29, 1.82) is 0 Å². The van der Waals surface area contributed by atoms with Crippen molar-refractivity contribution in [3.8, 4) is 0 Å². The largest absolute Gasteiger partial charge is 0.390 e. The molecule has 0 aromatic rings. The Bertz CT molecular complexity index is 72.6. The Morgan fingerprint density at radius 3 is 2.00 bits per heavy atom. The molecule has 3 atom stereocenters. The van der Waals surface area contributed by atoms with Crippen molar-refractivity contribution in [3.63, 3.8) is 0 Å². The van der Waals surface area contributed by atoms with Crippen molar-refractivity contribution in [2.24, 2.45) is 5.92 Å². The summed E-state index contributed by atoms with van der Waals surface area (Å²) in [6.07, 6.45) is 0.810. The van der Waals surface area contributed by atoms with E-state index < -0.39 is 12.2 Å². The van der Waals surface area contributed by atoms with Gasteiger partial charge in [0.25, 0.3) is 0 Å². The van der Waals surface area contributed by atoms with E-state index in [4.69, 9.17) is 10.2 Å². The van der Waals surface area contributed by atoms with Crippen LogP contribution in [0.5, 0.6) is 0 Å². The Morgan fingerprint density at radius 2 is 1.88 bits per heavy atom. The summed E-state index contributed by atoms with van der Waals surface area (Å²) in [5, 5.41) is 17.9. The molecule has 2 N–H and O–H groups in total. The van der Waals surface area contributed by atoms with Gasteiger partial charge in [-0.05, 0) is 18.8 Å². The number of aliphatic hydroxyl groups excluding tert-OH is 2. The molecular weight excluding hydrogens is 104 g/mol. The summed E-state index contributed by atoms with van der Waals surface area (Å²) < 4.78 is 0. The molecule has 1 aliphatic rings. The van der Waals surface area contributed by atoms with Crippen LogP contribution in [0.15, 0.2) is 0 Å². The summed E-state index contributed by atoms with van der Waals surface area (Å²) in [5.74, 6) is 0.296. The van der Waals surface area contributed by atoms with Crippen LogP contribution in [0.4, 0.5) is 0 Å². The quantitative estimate of drug-likeness (QED) is 0.472. The third-order valence-corrected chi connectivity index (χ3v) is 1.90. The SMILES string of the molecule is C[C@@H]1CCC(O)C1O. The first-order chi connectivity index (χ1) is 3.72. The maximum absolute atomic E-state index is 9.02. The number of hydrogen-bond acceptors (Lipinski definition) is 2. The van der Waals surface area contributed by atoms with Crippen molar-refractivity contribution >= 4 is 0 Å². The van der Waals surface area contributed by atoms with Crippen molar-refractivity contribution < 1.29 is 10.2 Å². The monoisotopic (exact) mass is 116 g/mol. The van der Waals surface area contributed by atoms with Gasteiger partial charge >= 0.3 is 0 Å². The van der Waals surface area contributed by atoms with Gasteiger partial charge < -0.3 is 10.2 Å². The van der Waals surface area contributed by atoms with E-state index >= 15 is 0 Å². The molecule has 2 nitrogen and oxygen atoms in total. The minimum Gasteiger partial charge on any atom is -0.390 e. The molecule has 48 valence electrons. The Labute approximate surface area is 49.1 Å². The lowest BCUT2D eigenvalue weighted by molar-refractivity contribution is 0.0245. The molecule has 0 bridgehead atoms. The third kappa shape index (κ3) is 0.858. The molecule has 8 heavy (non-hydrogen) atoms. The maximum Gasteiger partial charge on any atom is 0.0824 e. The first-order valence-electron chi connectivity index (χ1n) is 3.08. The normalized spacial score (nSPS) is 47.6. The van der Waals surface area contributed by atoms with Crippen LogP contribution in [0, 0.1) is 5.92 Å². The van der Waals surface area contributed by atoms with Gasteiger partial charge in [0.15, 0.2) is 0 Å². The second-order valence-corrected chi connectivity index (χ2v) is 2.61. The highest BCUT2D eigenvalue weighted by Crippen LogP contribution is 2.24. The smallest absolute Gasteiger partial charge is 0.0824 e. The second kappa shape index (κ2) is 2.03. The van der Waals surface area contributed by atoms with Crippen LogP contribution in [0.2, 0.25) is 0 Å². The standard InChI is InChI=1S/C6H12O2/c1-4-2-3-5(7)6(4)8/h4-8H,2-3H2,1H3/t4-,5?,6?/m1/s1. The van der Waals surface area contributed by atoms with Gasteiger partial charge in [-0.2, -0.15) is 0 Å². The van der Waals surface area contributed by atoms with Crippen LogP contribution in [0.25, 0.3) is 0 Å². The molecule has 2 heteroatoms. The van der Waals surface area contributed by atoms with Gasteiger partial charge in [0.1, 0.15) is 0 Å². The van der Waals surface area contributed by atoms with Gasteiger partial charge in [-0.15, -0.1) is 0 Å². The minimum atomic E-state index is -0.463. The van der Waals surface area contributed by atoms with E-state index in [2.05, 4.69) is 0 Å². The maximum atomic E-state index is 9.02. The molecule has 0 amide bonds. The van der Waals surface area contributed by atoms with E-state index in [0.717, 1.165) is 12.8 Å². The lowest BCUT2D eigenvalue weighted by Crippen LogP contribution is -2.22.